The molecule has 1 aromatic rings. The van der Waals surface area contributed by atoms with Gasteiger partial charge in [-0.25, -0.2) is 4.39 Å². The van der Waals surface area contributed by atoms with Gasteiger partial charge in [0.25, 0.3) is 0 Å². The Bertz CT molecular complexity index is 471. The molecule has 1 saturated heterocycles. The van der Waals surface area contributed by atoms with Crippen molar-refractivity contribution in [3.63, 3.8) is 0 Å². The van der Waals surface area contributed by atoms with Crippen LogP contribution in [-0.2, 0) is 0 Å². The zero-order valence-electron chi connectivity index (χ0n) is 11.5. The molecule has 0 aromatic heterocycles. The van der Waals surface area contributed by atoms with Crippen LogP contribution in [0.1, 0.15) is 18.0 Å². The fourth-order valence-electron chi connectivity index (χ4n) is 2.46. The summed E-state index contributed by atoms with van der Waals surface area (Å²) in [5.41, 5.74) is 0.619. The van der Waals surface area contributed by atoms with Crippen LogP contribution in [0.4, 0.5) is 4.39 Å². The van der Waals surface area contributed by atoms with Crippen molar-refractivity contribution in [3.8, 4) is 5.75 Å². The van der Waals surface area contributed by atoms with Gasteiger partial charge in [-0.2, -0.15) is 0 Å². The number of nitrogens with one attached hydrogen (secondary N) is 1. The summed E-state index contributed by atoms with van der Waals surface area (Å²) in [6, 6.07) is 3.03. The number of hydrogen-bond donors (Lipinski definition) is 2. The molecule has 7 heteroatoms. The van der Waals surface area contributed by atoms with Crippen LogP contribution in [0.3, 0.4) is 0 Å². The van der Waals surface area contributed by atoms with Crippen molar-refractivity contribution < 1.29 is 9.50 Å². The summed E-state index contributed by atoms with van der Waals surface area (Å²) in [6.45, 7) is 7.34. The quantitative estimate of drug-likeness (QED) is 0.755. The fraction of sp³-hybridized carbons (Fsp3) is 0.429. The lowest BCUT2D eigenvalue weighted by Gasteiger charge is -2.35. The van der Waals surface area contributed by atoms with E-state index in [0.717, 1.165) is 26.2 Å². The van der Waals surface area contributed by atoms with E-state index in [1.165, 1.54) is 6.07 Å². The van der Waals surface area contributed by atoms with Gasteiger partial charge in [0.05, 0.1) is 0 Å². The molecule has 21 heavy (non-hydrogen) atoms. The number of halogens is 4. The van der Waals surface area contributed by atoms with Gasteiger partial charge >= 0.3 is 0 Å². The Labute approximate surface area is 145 Å². The lowest BCUT2D eigenvalue weighted by Crippen LogP contribution is -2.45. The highest BCUT2D eigenvalue weighted by molar-refractivity contribution is 9.10. The maximum Gasteiger partial charge on any atom is 0.166 e. The number of phenols is 1. The molecular weight excluding hydrogens is 382 g/mol. The number of piperazine rings is 1. The molecule has 0 radical (unpaired) electrons. The summed E-state index contributed by atoms with van der Waals surface area (Å²) in [4.78, 5) is 2.25. The van der Waals surface area contributed by atoms with E-state index in [9.17, 15) is 9.50 Å². The van der Waals surface area contributed by atoms with E-state index < -0.39 is 5.82 Å². The first-order valence-corrected chi connectivity index (χ1v) is 7.16. The molecule has 0 aliphatic carbocycles. The van der Waals surface area contributed by atoms with E-state index in [1.807, 2.05) is 6.08 Å². The first kappa shape index (κ1) is 20.7. The van der Waals surface area contributed by atoms with Crippen molar-refractivity contribution in [1.82, 2.24) is 10.2 Å². The number of aromatic hydroxyl groups is 1. The van der Waals surface area contributed by atoms with Crippen LogP contribution in [-0.4, -0.2) is 36.2 Å². The highest BCUT2D eigenvalue weighted by Gasteiger charge is 2.25. The van der Waals surface area contributed by atoms with Gasteiger partial charge in [0.1, 0.15) is 0 Å². The summed E-state index contributed by atoms with van der Waals surface area (Å²) in [5, 5.41) is 13.3. The second kappa shape index (κ2) is 9.64. The van der Waals surface area contributed by atoms with Gasteiger partial charge in [-0.1, -0.05) is 22.0 Å². The average molecular weight is 402 g/mol. The van der Waals surface area contributed by atoms with E-state index >= 15 is 0 Å². The highest BCUT2D eigenvalue weighted by Crippen LogP contribution is 2.35. The third-order valence-corrected chi connectivity index (χ3v) is 3.86. The third-order valence-electron chi connectivity index (χ3n) is 3.40. The standard InChI is InChI=1S/C14H18BrFN2O.2ClH/c1-2-3-13(18-6-4-17-5-7-18)11-8-10(15)9-12(16)14(11)19;;/h2,8-9,13,17,19H,1,3-7H2;2*1H/t13-;;/m1../s1. The topological polar surface area (TPSA) is 35.5 Å². The van der Waals surface area contributed by atoms with Gasteiger partial charge in [0, 0.05) is 42.3 Å². The van der Waals surface area contributed by atoms with Gasteiger partial charge < -0.3 is 10.4 Å². The fourth-order valence-corrected chi connectivity index (χ4v) is 2.91. The van der Waals surface area contributed by atoms with Crippen molar-refractivity contribution in [2.45, 2.75) is 12.5 Å². The van der Waals surface area contributed by atoms with Gasteiger partial charge in [0.15, 0.2) is 11.6 Å². The Morgan fingerprint density at radius 1 is 1.38 bits per heavy atom. The molecule has 1 fully saturated rings. The number of rotatable bonds is 4. The largest absolute Gasteiger partial charge is 0.505 e. The van der Waals surface area contributed by atoms with Crippen LogP contribution in [0, 0.1) is 5.82 Å². The van der Waals surface area contributed by atoms with Crippen LogP contribution < -0.4 is 5.32 Å². The Morgan fingerprint density at radius 3 is 2.57 bits per heavy atom. The number of benzene rings is 1. The zero-order valence-corrected chi connectivity index (χ0v) is 14.7. The van der Waals surface area contributed by atoms with E-state index in [2.05, 4.69) is 32.7 Å². The molecule has 2 N–H and O–H groups in total. The second-order valence-corrected chi connectivity index (χ2v) is 5.57. The van der Waals surface area contributed by atoms with Crippen molar-refractivity contribution in [3.05, 3.63) is 40.6 Å². The first-order chi connectivity index (χ1) is 9.13. The van der Waals surface area contributed by atoms with E-state index in [0.29, 0.717) is 16.5 Å². The average Bonchev–Trinajstić information content (AvgIpc) is 2.41. The smallest absolute Gasteiger partial charge is 0.166 e. The summed E-state index contributed by atoms with van der Waals surface area (Å²) < 4.78 is 14.3. The zero-order chi connectivity index (χ0) is 13.8. The summed E-state index contributed by atoms with van der Waals surface area (Å²) in [6.07, 6.45) is 2.49. The molecule has 1 aliphatic rings. The first-order valence-electron chi connectivity index (χ1n) is 6.37. The van der Waals surface area contributed by atoms with Crippen molar-refractivity contribution in [2.24, 2.45) is 0 Å². The lowest BCUT2D eigenvalue weighted by atomic mass is 10.00. The van der Waals surface area contributed by atoms with Crippen LogP contribution in [0.15, 0.2) is 29.3 Å². The molecule has 0 unspecified atom stereocenters. The molecule has 1 aromatic carbocycles. The minimum absolute atomic E-state index is 0. The molecule has 120 valence electrons. The van der Waals surface area contributed by atoms with Gasteiger partial charge in [-0.05, 0) is 18.6 Å². The van der Waals surface area contributed by atoms with Crippen LogP contribution >= 0.6 is 40.7 Å². The van der Waals surface area contributed by atoms with E-state index in [4.69, 9.17) is 0 Å². The molecule has 0 saturated carbocycles. The minimum Gasteiger partial charge on any atom is -0.505 e. The summed E-state index contributed by atoms with van der Waals surface area (Å²) >= 11 is 3.28. The molecule has 3 nitrogen and oxygen atoms in total. The Kier molecular flexibility index (Phi) is 9.49. The van der Waals surface area contributed by atoms with Gasteiger partial charge in [-0.15, -0.1) is 31.4 Å². The summed E-state index contributed by atoms with van der Waals surface area (Å²) in [5.74, 6) is -0.845. The van der Waals surface area contributed by atoms with E-state index in [-0.39, 0.29) is 36.6 Å². The van der Waals surface area contributed by atoms with Gasteiger partial charge in [0.2, 0.25) is 0 Å². The van der Waals surface area contributed by atoms with Crippen molar-refractivity contribution in [2.75, 3.05) is 26.2 Å². The molecule has 2 rings (SSSR count). The monoisotopic (exact) mass is 400 g/mol. The predicted molar refractivity (Wildman–Crippen MR) is 92.3 cm³/mol. The Balaban J connectivity index is 0.00000200. The number of nitrogens with zero attached hydrogens (tertiary/aromatic N) is 1. The summed E-state index contributed by atoms with van der Waals surface area (Å²) in [7, 11) is 0. The Morgan fingerprint density at radius 2 is 2.00 bits per heavy atom. The molecule has 1 heterocycles. The molecule has 1 aliphatic heterocycles. The van der Waals surface area contributed by atoms with E-state index in [1.54, 1.807) is 6.07 Å². The van der Waals surface area contributed by atoms with Crippen LogP contribution in [0.25, 0.3) is 0 Å². The highest BCUT2D eigenvalue weighted by atomic mass is 79.9. The molecule has 1 atom stereocenters. The maximum atomic E-state index is 13.7. The SMILES string of the molecule is C=CC[C@H](c1cc(Br)cc(F)c1O)N1CCNCC1.Cl.Cl. The Hall–Kier alpha value is -0.330. The van der Waals surface area contributed by atoms with Crippen molar-refractivity contribution >= 4 is 40.7 Å². The van der Waals surface area contributed by atoms with Gasteiger partial charge in [-0.3, -0.25) is 4.90 Å². The molecular formula is C14H20BrCl2FN2O. The molecule has 0 bridgehead atoms. The van der Waals surface area contributed by atoms with Crippen molar-refractivity contribution in [1.29, 1.82) is 0 Å². The molecule has 0 amide bonds. The second-order valence-electron chi connectivity index (χ2n) is 4.65. The van der Waals surface area contributed by atoms with Crippen LogP contribution in [0.5, 0.6) is 5.75 Å². The minimum atomic E-state index is -0.589. The number of hydrogen-bond acceptors (Lipinski definition) is 3. The normalized spacial score (nSPS) is 16.5. The van der Waals surface area contributed by atoms with Crippen LogP contribution in [0.2, 0.25) is 0 Å². The predicted octanol–water partition coefficient (Wildman–Crippen LogP) is 3.66. The maximum absolute atomic E-state index is 13.7. The lowest BCUT2D eigenvalue weighted by molar-refractivity contribution is 0.171. The number of phenolic OH excluding ortho intramolecular Hbond substituents is 1. The third kappa shape index (κ3) is 5.11. The molecule has 0 spiro atoms.